The molecule has 222 valence electrons. The van der Waals surface area contributed by atoms with Crippen LogP contribution >= 0.6 is 0 Å². The summed E-state index contributed by atoms with van der Waals surface area (Å²) >= 11 is 0. The summed E-state index contributed by atoms with van der Waals surface area (Å²) in [7, 11) is 0. The Kier molecular flexibility index (Phi) is 10.4. The van der Waals surface area contributed by atoms with Gasteiger partial charge in [-0.2, -0.15) is 5.26 Å². The number of rotatable bonds is 5. The van der Waals surface area contributed by atoms with Gasteiger partial charge in [-0.25, -0.2) is 4.39 Å². The molecule has 6 aromatic rings. The maximum atomic E-state index is 13.0. The molecule has 2 N–H and O–H groups in total. The lowest BCUT2D eigenvalue weighted by atomic mass is 10.0. The SMILES string of the molecule is C.CCCC1CC(=O)N(Cc2ccc3ccccn23)C1.N#Cc1c(F)cc2ccccn12.NCc1ccc2ccccn12. The van der Waals surface area contributed by atoms with Crippen molar-refractivity contribution in [3.8, 4) is 6.07 Å². The van der Waals surface area contributed by atoms with Gasteiger partial charge in [-0.15, -0.1) is 0 Å². The topological polar surface area (TPSA) is 83.3 Å². The minimum atomic E-state index is -0.469. The standard InChI is InChI=1S/C16H20N2O.C9H5FN2.C9H10N2.CH4/c1-2-5-13-10-16(19)17(11-13)12-15-8-7-14-6-3-4-9-18(14)15;10-8-5-7-3-1-2-4-12(7)9(8)6-11;10-7-9-5-4-8-3-1-2-6-11(8)9;/h3-4,6-9,13H,2,5,10-12H2,1H3;1-5H;1-6H,7,10H2;1H4. The van der Waals surface area contributed by atoms with Crippen molar-refractivity contribution in [3.05, 3.63) is 126 Å². The molecule has 0 aromatic carbocycles. The normalized spacial score (nSPS) is 14.1. The van der Waals surface area contributed by atoms with Gasteiger partial charge in [-0.05, 0) is 73.0 Å². The summed E-state index contributed by atoms with van der Waals surface area (Å²) in [6.07, 6.45) is 8.82. The second-order valence-corrected chi connectivity index (χ2v) is 10.4. The van der Waals surface area contributed by atoms with Crippen LogP contribution in [-0.4, -0.2) is 30.6 Å². The zero-order chi connectivity index (χ0) is 29.5. The third-order valence-electron chi connectivity index (χ3n) is 7.59. The summed E-state index contributed by atoms with van der Waals surface area (Å²) in [6, 6.07) is 29.1. The number of amides is 1. The van der Waals surface area contributed by atoms with Gasteiger partial charge in [0, 0.05) is 72.1 Å². The fraction of sp³-hybridized carbons (Fsp3) is 0.257. The number of halogens is 1. The Morgan fingerprint density at radius 3 is 2.05 bits per heavy atom. The van der Waals surface area contributed by atoms with E-state index in [4.69, 9.17) is 11.0 Å². The van der Waals surface area contributed by atoms with Crippen LogP contribution in [0.1, 0.15) is 50.7 Å². The smallest absolute Gasteiger partial charge is 0.223 e. The molecule has 0 saturated carbocycles. The second-order valence-electron chi connectivity index (χ2n) is 10.4. The zero-order valence-corrected chi connectivity index (χ0v) is 23.7. The molecule has 1 atom stereocenters. The summed E-state index contributed by atoms with van der Waals surface area (Å²) in [5, 5.41) is 8.59. The first-order valence-corrected chi connectivity index (χ1v) is 14.3. The lowest BCUT2D eigenvalue weighted by molar-refractivity contribution is -0.128. The van der Waals surface area contributed by atoms with E-state index in [0.29, 0.717) is 23.9 Å². The Morgan fingerprint density at radius 2 is 1.44 bits per heavy atom. The molecule has 7 rings (SSSR count). The molecule has 1 fully saturated rings. The van der Waals surface area contributed by atoms with Gasteiger partial charge in [0.15, 0.2) is 11.5 Å². The van der Waals surface area contributed by atoms with Gasteiger partial charge in [0.05, 0.1) is 6.54 Å². The largest absolute Gasteiger partial charge is 0.337 e. The van der Waals surface area contributed by atoms with Crippen LogP contribution in [-0.2, 0) is 17.9 Å². The Bertz CT molecular complexity index is 1840. The molecule has 0 bridgehead atoms. The minimum absolute atomic E-state index is 0. The van der Waals surface area contributed by atoms with Crippen molar-refractivity contribution in [3.63, 3.8) is 0 Å². The molecule has 0 aliphatic carbocycles. The highest BCUT2D eigenvalue weighted by atomic mass is 19.1. The van der Waals surface area contributed by atoms with E-state index in [1.165, 1.54) is 33.6 Å². The van der Waals surface area contributed by atoms with Gasteiger partial charge in [-0.1, -0.05) is 39.0 Å². The number of hydrogen-bond donors (Lipinski definition) is 1. The number of aromatic nitrogens is 3. The van der Waals surface area contributed by atoms with Crippen LogP contribution in [0.4, 0.5) is 4.39 Å². The lowest BCUT2D eigenvalue weighted by Crippen LogP contribution is -2.25. The van der Waals surface area contributed by atoms with E-state index < -0.39 is 5.82 Å². The Balaban J connectivity index is 0.000000154. The molecule has 1 unspecified atom stereocenters. The highest BCUT2D eigenvalue weighted by molar-refractivity contribution is 5.78. The first kappa shape index (κ1) is 31.1. The molecule has 1 aliphatic rings. The van der Waals surface area contributed by atoms with Crippen molar-refractivity contribution < 1.29 is 9.18 Å². The highest BCUT2D eigenvalue weighted by Crippen LogP contribution is 2.24. The van der Waals surface area contributed by atoms with E-state index >= 15 is 0 Å². The Labute approximate surface area is 252 Å². The van der Waals surface area contributed by atoms with Crippen LogP contribution in [0.15, 0.2) is 104 Å². The predicted molar refractivity (Wildman–Crippen MR) is 170 cm³/mol. The first-order valence-electron chi connectivity index (χ1n) is 14.3. The van der Waals surface area contributed by atoms with E-state index in [-0.39, 0.29) is 13.1 Å². The molecule has 6 aromatic heterocycles. The predicted octanol–water partition coefficient (Wildman–Crippen LogP) is 7.07. The lowest BCUT2D eigenvalue weighted by Gasteiger charge is -2.16. The van der Waals surface area contributed by atoms with Gasteiger partial charge in [-0.3, -0.25) is 4.79 Å². The quantitative estimate of drug-likeness (QED) is 0.237. The van der Waals surface area contributed by atoms with Crippen molar-refractivity contribution in [2.75, 3.05) is 6.54 Å². The van der Waals surface area contributed by atoms with Gasteiger partial charge >= 0.3 is 0 Å². The van der Waals surface area contributed by atoms with E-state index in [1.807, 2.05) is 35.4 Å². The number of pyridine rings is 3. The van der Waals surface area contributed by atoms with Crippen molar-refractivity contribution in [1.29, 1.82) is 5.26 Å². The van der Waals surface area contributed by atoms with Crippen LogP contribution in [0.2, 0.25) is 0 Å². The summed E-state index contributed by atoms with van der Waals surface area (Å²) in [4.78, 5) is 14.0. The molecule has 43 heavy (non-hydrogen) atoms. The number of nitriles is 1. The van der Waals surface area contributed by atoms with Crippen LogP contribution in [0.3, 0.4) is 0 Å². The van der Waals surface area contributed by atoms with Crippen LogP contribution in [0.25, 0.3) is 16.6 Å². The van der Waals surface area contributed by atoms with Crippen molar-refractivity contribution >= 4 is 22.5 Å². The molecule has 0 radical (unpaired) electrons. The molecular weight excluding hydrogens is 539 g/mol. The number of carbonyl (C=O) groups excluding carboxylic acids is 1. The van der Waals surface area contributed by atoms with Crippen molar-refractivity contribution in [1.82, 2.24) is 18.1 Å². The van der Waals surface area contributed by atoms with Crippen LogP contribution in [0, 0.1) is 23.1 Å². The fourth-order valence-electron chi connectivity index (χ4n) is 5.53. The van der Waals surface area contributed by atoms with Gasteiger partial charge in [0.1, 0.15) is 6.07 Å². The second kappa shape index (κ2) is 14.3. The Morgan fingerprint density at radius 1 is 0.860 bits per heavy atom. The average molecular weight is 579 g/mol. The monoisotopic (exact) mass is 578 g/mol. The third kappa shape index (κ3) is 6.96. The van der Waals surface area contributed by atoms with Gasteiger partial charge < -0.3 is 23.8 Å². The van der Waals surface area contributed by atoms with Crippen molar-refractivity contribution in [2.24, 2.45) is 11.7 Å². The summed E-state index contributed by atoms with van der Waals surface area (Å²) in [5.41, 5.74) is 11.0. The third-order valence-corrected chi connectivity index (χ3v) is 7.59. The molecule has 1 aliphatic heterocycles. The average Bonchev–Trinajstić information content (AvgIpc) is 3.78. The molecular formula is C35H39FN6O. The van der Waals surface area contributed by atoms with Gasteiger partial charge in [0.25, 0.3) is 0 Å². The number of nitrogens with two attached hydrogens (primary N) is 1. The van der Waals surface area contributed by atoms with E-state index in [1.54, 1.807) is 30.5 Å². The number of nitrogens with zero attached hydrogens (tertiary/aromatic N) is 5. The fourth-order valence-corrected chi connectivity index (χ4v) is 5.53. The van der Waals surface area contributed by atoms with Gasteiger partial charge in [0.2, 0.25) is 5.91 Å². The maximum Gasteiger partial charge on any atom is 0.223 e. The zero-order valence-electron chi connectivity index (χ0n) is 23.7. The summed E-state index contributed by atoms with van der Waals surface area (Å²) in [6.45, 7) is 4.44. The number of hydrogen-bond acceptors (Lipinski definition) is 3. The van der Waals surface area contributed by atoms with E-state index in [0.717, 1.165) is 31.6 Å². The van der Waals surface area contributed by atoms with Crippen LogP contribution < -0.4 is 5.73 Å². The molecule has 1 amide bonds. The number of carbonyl (C=O) groups is 1. The minimum Gasteiger partial charge on any atom is -0.337 e. The molecule has 1 saturated heterocycles. The number of likely N-dealkylation sites (tertiary alicyclic amines) is 1. The molecule has 7 nitrogen and oxygen atoms in total. The highest BCUT2D eigenvalue weighted by Gasteiger charge is 2.29. The number of fused-ring (bicyclic) bond motifs is 3. The van der Waals surface area contributed by atoms with E-state index in [9.17, 15) is 9.18 Å². The van der Waals surface area contributed by atoms with Crippen molar-refractivity contribution in [2.45, 2.75) is 46.7 Å². The Hall–Kier alpha value is -4.87. The molecule has 7 heterocycles. The van der Waals surface area contributed by atoms with Crippen LogP contribution in [0.5, 0.6) is 0 Å². The van der Waals surface area contributed by atoms with E-state index in [2.05, 4.69) is 58.3 Å². The maximum absolute atomic E-state index is 13.0. The molecule has 8 heteroatoms. The first-order chi connectivity index (χ1) is 20.5. The summed E-state index contributed by atoms with van der Waals surface area (Å²) in [5.74, 6) is 0.400. The summed E-state index contributed by atoms with van der Waals surface area (Å²) < 4.78 is 18.7. The molecule has 0 spiro atoms.